The maximum Gasteiger partial charge on any atom is 0.146 e. The van der Waals surface area contributed by atoms with Crippen molar-refractivity contribution in [3.05, 3.63) is 108 Å². The summed E-state index contributed by atoms with van der Waals surface area (Å²) in [6.07, 6.45) is 1.91. The second kappa shape index (κ2) is 11.2. The van der Waals surface area contributed by atoms with Crippen molar-refractivity contribution < 1.29 is 5.11 Å². The number of phenols is 1. The van der Waals surface area contributed by atoms with Gasteiger partial charge in [0.1, 0.15) is 19.5 Å². The maximum absolute atomic E-state index is 11.2. The van der Waals surface area contributed by atoms with Gasteiger partial charge in [0, 0.05) is 27.8 Å². The Bertz CT molecular complexity index is 2120. The Kier molecular flexibility index (Phi) is 7.79. The minimum atomic E-state index is -2.15. The van der Waals surface area contributed by atoms with Crippen molar-refractivity contribution in [3.63, 3.8) is 0 Å². The Morgan fingerprint density at radius 3 is 1.96 bits per heavy atom. The van der Waals surface area contributed by atoms with Gasteiger partial charge in [-0.2, -0.15) is 0 Å². The van der Waals surface area contributed by atoms with Crippen molar-refractivity contribution in [2.24, 2.45) is 0 Å². The fourth-order valence-corrected chi connectivity index (χ4v) is 8.77. The van der Waals surface area contributed by atoms with E-state index in [-0.39, 0.29) is 22.0 Å². The maximum atomic E-state index is 11.2. The molecule has 4 nitrogen and oxygen atoms in total. The molecule has 0 spiro atoms. The van der Waals surface area contributed by atoms with E-state index in [1.54, 1.807) is 6.07 Å². The number of hydrogen-bond acceptors (Lipinski definition) is 3. The van der Waals surface area contributed by atoms with Gasteiger partial charge in [-0.15, -0.1) is 0 Å². The van der Waals surface area contributed by atoms with Gasteiger partial charge in [-0.1, -0.05) is 117 Å². The number of phenolic OH excluding ortho intramolecular Hbond substituents is 1. The first-order chi connectivity index (χ1) is 21.9. The van der Waals surface area contributed by atoms with Gasteiger partial charge in [-0.3, -0.25) is 9.55 Å². The molecule has 0 amide bonds. The molecule has 0 fully saturated rings. The number of aromatic nitrogens is 3. The third-order valence-corrected chi connectivity index (χ3v) is 12.9. The normalized spacial score (nSPS) is 13.1. The number of rotatable bonds is 4. The lowest BCUT2D eigenvalue weighted by Crippen LogP contribution is -2.54. The molecule has 6 rings (SSSR count). The van der Waals surface area contributed by atoms with Crippen LogP contribution in [0.15, 0.2) is 91.1 Å². The second-order valence-electron chi connectivity index (χ2n) is 16.7. The molecule has 3 aromatic carbocycles. The van der Waals surface area contributed by atoms with Crippen LogP contribution >= 0.6 is 0 Å². The quantitative estimate of drug-likeness (QED) is 0.195. The van der Waals surface area contributed by atoms with Gasteiger partial charge in [0.25, 0.3) is 0 Å². The molecule has 0 atom stereocenters. The SMILES string of the molecule is CC(C)(C)c1cc(-c2nc3c(cc2C(C)(C)C)c2cc(C(C)(C)C)ccc2n3-c2ccccc2O)cc([Si](C)(C)c2ccccn2)c1. The molecule has 242 valence electrons. The molecule has 0 aliphatic rings. The van der Waals surface area contributed by atoms with Crippen LogP contribution < -0.4 is 10.5 Å². The van der Waals surface area contributed by atoms with Crippen molar-refractivity contribution >= 4 is 40.5 Å². The van der Waals surface area contributed by atoms with Gasteiger partial charge >= 0.3 is 0 Å². The third kappa shape index (κ3) is 5.91. The van der Waals surface area contributed by atoms with Crippen LogP contribution in [0.4, 0.5) is 0 Å². The third-order valence-electron chi connectivity index (χ3n) is 9.64. The molecule has 0 saturated carbocycles. The van der Waals surface area contributed by atoms with Crippen molar-refractivity contribution in [1.82, 2.24) is 14.5 Å². The molecule has 3 heterocycles. The molecule has 0 bridgehead atoms. The summed E-state index contributed by atoms with van der Waals surface area (Å²) in [6, 6.07) is 30.1. The molecule has 5 heteroatoms. The summed E-state index contributed by atoms with van der Waals surface area (Å²) in [7, 11) is -2.15. The van der Waals surface area contributed by atoms with Crippen LogP contribution in [0.2, 0.25) is 13.1 Å². The average molecular weight is 640 g/mol. The lowest BCUT2D eigenvalue weighted by Gasteiger charge is -2.29. The molecule has 0 radical (unpaired) electrons. The highest BCUT2D eigenvalue weighted by atomic mass is 28.3. The topological polar surface area (TPSA) is 50.9 Å². The van der Waals surface area contributed by atoms with Gasteiger partial charge in [-0.05, 0) is 81.5 Å². The Morgan fingerprint density at radius 1 is 0.660 bits per heavy atom. The number of para-hydroxylation sites is 2. The van der Waals surface area contributed by atoms with Crippen molar-refractivity contribution in [2.45, 2.75) is 91.7 Å². The number of nitrogens with zero attached hydrogens (tertiary/aromatic N) is 3. The molecular weight excluding hydrogens is 591 g/mol. The first-order valence-electron chi connectivity index (χ1n) is 16.7. The molecule has 0 unspecified atom stereocenters. The molecule has 1 N–H and O–H groups in total. The largest absolute Gasteiger partial charge is 0.506 e. The highest BCUT2D eigenvalue weighted by Gasteiger charge is 2.32. The minimum Gasteiger partial charge on any atom is -0.506 e. The van der Waals surface area contributed by atoms with Crippen molar-refractivity contribution in [1.29, 1.82) is 0 Å². The summed E-state index contributed by atoms with van der Waals surface area (Å²) >= 11 is 0. The van der Waals surface area contributed by atoms with Gasteiger partial charge in [-0.25, -0.2) is 4.98 Å². The van der Waals surface area contributed by atoms with Gasteiger partial charge in [0.05, 0.1) is 16.9 Å². The van der Waals surface area contributed by atoms with Crippen LogP contribution in [-0.2, 0) is 16.2 Å². The summed E-state index contributed by atoms with van der Waals surface area (Å²) < 4.78 is 2.14. The van der Waals surface area contributed by atoms with E-state index >= 15 is 0 Å². The van der Waals surface area contributed by atoms with Gasteiger partial charge in [0.15, 0.2) is 0 Å². The predicted molar refractivity (Wildman–Crippen MR) is 203 cm³/mol. The summed E-state index contributed by atoms with van der Waals surface area (Å²) in [6.45, 7) is 25.3. The Balaban J connectivity index is 1.74. The van der Waals surface area contributed by atoms with E-state index in [2.05, 4.69) is 135 Å². The van der Waals surface area contributed by atoms with Crippen molar-refractivity contribution in [3.8, 4) is 22.7 Å². The molecular formula is C42H49N3OSi. The fraction of sp³-hybridized carbons (Fsp3) is 0.333. The van der Waals surface area contributed by atoms with Crippen molar-refractivity contribution in [2.75, 3.05) is 0 Å². The number of hydrogen-bond donors (Lipinski definition) is 1. The smallest absolute Gasteiger partial charge is 0.146 e. The Labute approximate surface area is 281 Å². The van der Waals surface area contributed by atoms with E-state index in [0.29, 0.717) is 0 Å². The molecule has 0 aliphatic carbocycles. The lowest BCUT2D eigenvalue weighted by molar-refractivity contribution is 0.473. The van der Waals surface area contributed by atoms with E-state index in [1.165, 1.54) is 27.2 Å². The Hall–Kier alpha value is -4.22. The van der Waals surface area contributed by atoms with E-state index in [0.717, 1.165) is 38.9 Å². The van der Waals surface area contributed by atoms with E-state index < -0.39 is 8.07 Å². The Morgan fingerprint density at radius 2 is 1.34 bits per heavy atom. The first-order valence-corrected chi connectivity index (χ1v) is 19.7. The predicted octanol–water partition coefficient (Wildman–Crippen LogP) is 9.66. The van der Waals surface area contributed by atoms with E-state index in [1.807, 2.05) is 30.5 Å². The van der Waals surface area contributed by atoms with Crippen LogP contribution in [-0.4, -0.2) is 27.7 Å². The number of benzene rings is 3. The summed E-state index contributed by atoms with van der Waals surface area (Å²) in [5, 5.41) is 15.9. The van der Waals surface area contributed by atoms with Crippen LogP contribution in [0.1, 0.15) is 79.0 Å². The average Bonchev–Trinajstić information content (AvgIpc) is 3.32. The minimum absolute atomic E-state index is 0.00811. The molecule has 3 aromatic heterocycles. The standard InChI is InChI=1S/C42H49N3OSi/c1-40(2,3)28-19-20-34-31(25-28)32-26-33(42(7,8)9)38(44-39(32)45(34)35-16-12-13-17-36(35)46)27-22-29(41(4,5)6)24-30(23-27)47(10,11)37-18-14-15-21-43-37/h12-26,46H,1-11H3. The molecule has 0 aliphatic heterocycles. The summed E-state index contributed by atoms with van der Waals surface area (Å²) in [5.41, 5.74) is 8.25. The van der Waals surface area contributed by atoms with E-state index in [9.17, 15) is 5.11 Å². The summed E-state index contributed by atoms with van der Waals surface area (Å²) in [4.78, 5) is 10.5. The fourth-order valence-electron chi connectivity index (χ4n) is 6.53. The zero-order valence-electron chi connectivity index (χ0n) is 29.9. The number of pyridine rings is 2. The van der Waals surface area contributed by atoms with Crippen LogP contribution in [0.5, 0.6) is 5.75 Å². The van der Waals surface area contributed by atoms with Crippen LogP contribution in [0, 0.1) is 0 Å². The number of aromatic hydroxyl groups is 1. The second-order valence-corrected chi connectivity index (χ2v) is 21.0. The van der Waals surface area contributed by atoms with E-state index in [4.69, 9.17) is 9.97 Å². The molecule has 47 heavy (non-hydrogen) atoms. The highest BCUT2D eigenvalue weighted by molar-refractivity contribution is 7.00. The van der Waals surface area contributed by atoms with Crippen LogP contribution in [0.3, 0.4) is 0 Å². The summed E-state index contributed by atoms with van der Waals surface area (Å²) in [5.74, 6) is 0.231. The zero-order chi connectivity index (χ0) is 34.1. The lowest BCUT2D eigenvalue weighted by atomic mass is 9.81. The molecule has 6 aromatic rings. The van der Waals surface area contributed by atoms with Crippen LogP contribution in [0.25, 0.3) is 38.9 Å². The zero-order valence-corrected chi connectivity index (χ0v) is 30.9. The van der Waals surface area contributed by atoms with Gasteiger partial charge < -0.3 is 5.11 Å². The first kappa shape index (κ1) is 32.7. The van der Waals surface area contributed by atoms with Gasteiger partial charge in [0.2, 0.25) is 0 Å². The monoisotopic (exact) mass is 639 g/mol. The highest BCUT2D eigenvalue weighted by Crippen LogP contribution is 2.41. The number of fused-ring (bicyclic) bond motifs is 3. The molecule has 0 saturated heterocycles.